The number of aromatic nitrogens is 5. The van der Waals surface area contributed by atoms with Gasteiger partial charge in [-0.3, -0.25) is 19.8 Å². The largest absolute Gasteiger partial charge is 0.474 e. The molecule has 3 saturated heterocycles. The number of hydrogen-bond acceptors (Lipinski definition) is 14. The van der Waals surface area contributed by atoms with Crippen molar-refractivity contribution in [3.8, 4) is 5.88 Å². The first-order chi connectivity index (χ1) is 34.6. The van der Waals surface area contributed by atoms with E-state index < -0.39 is 37.1 Å². The Labute approximate surface area is 418 Å². The van der Waals surface area contributed by atoms with Crippen molar-refractivity contribution in [2.75, 3.05) is 67.5 Å². The standard InChI is InChI=1S/C52H63FN12O6S/c1-32(2)36-8-5-6-9-37(36)39-10-7-17-63(39)35-27-51(28-35)12-18-62(19-13-51)44-26-40(64-22-23-71-50-42(64)24-34-11-16-54-48(34)59-50)38(29-55-44)49(66)60-72(69,70)43-25-41(65(67)68)45(47-46(43)57-31-58-47)56-30-52(53)14-20-61(21-15-52)33(3)4/h5-6,8-9,11,16,24-26,29,31-33,35,39,56H,7,10,12-15,17-23,27-28,30H2,1-4H3,(H,54,59)(H,57,58)(H,60,66)/t39-/m0/s1. The van der Waals surface area contributed by atoms with Gasteiger partial charge in [-0.25, -0.2) is 27.5 Å². The Kier molecular flexibility index (Phi) is 12.4. The van der Waals surface area contributed by atoms with Gasteiger partial charge in [0, 0.05) is 80.8 Å². The van der Waals surface area contributed by atoms with Crippen molar-refractivity contribution < 1.29 is 27.3 Å². The molecule has 18 nitrogen and oxygen atoms in total. The minimum atomic E-state index is -4.84. The van der Waals surface area contributed by atoms with Gasteiger partial charge in [0.1, 0.15) is 45.5 Å². The lowest BCUT2D eigenvalue weighted by atomic mass is 9.60. The summed E-state index contributed by atoms with van der Waals surface area (Å²) in [5.41, 5.74) is 2.25. The number of aromatic amines is 2. The molecule has 72 heavy (non-hydrogen) atoms. The van der Waals surface area contributed by atoms with Gasteiger partial charge in [-0.15, -0.1) is 0 Å². The summed E-state index contributed by atoms with van der Waals surface area (Å²) < 4.78 is 53.2. The second-order valence-electron chi connectivity index (χ2n) is 21.2. The molecule has 2 aromatic carbocycles. The first-order valence-electron chi connectivity index (χ1n) is 25.5. The van der Waals surface area contributed by atoms with Crippen molar-refractivity contribution in [3.63, 3.8) is 0 Å². The maximum Gasteiger partial charge on any atom is 0.296 e. The van der Waals surface area contributed by atoms with E-state index in [0.29, 0.717) is 66.4 Å². The molecular formula is C52H63FN12O6S. The van der Waals surface area contributed by atoms with Gasteiger partial charge in [-0.1, -0.05) is 38.1 Å². The molecule has 1 aliphatic carbocycles. The number of rotatable bonds is 13. The fourth-order valence-corrected chi connectivity index (χ4v) is 13.4. The lowest BCUT2D eigenvalue weighted by Crippen LogP contribution is -2.55. The Bertz CT molecular complexity index is 3150. The molecule has 1 amide bonds. The van der Waals surface area contributed by atoms with Gasteiger partial charge < -0.3 is 34.7 Å². The predicted octanol–water partition coefficient (Wildman–Crippen LogP) is 8.73. The summed E-state index contributed by atoms with van der Waals surface area (Å²) in [6.07, 6.45) is 11.6. The molecular weight excluding hydrogens is 940 g/mol. The van der Waals surface area contributed by atoms with Crippen LogP contribution < -0.4 is 24.6 Å². The van der Waals surface area contributed by atoms with Crippen LogP contribution in [-0.4, -0.2) is 124 Å². The van der Waals surface area contributed by atoms with Gasteiger partial charge in [0.25, 0.3) is 21.6 Å². The van der Waals surface area contributed by atoms with Crippen LogP contribution in [0.5, 0.6) is 5.88 Å². The first kappa shape index (κ1) is 47.9. The molecule has 8 heterocycles. The Balaban J connectivity index is 0.853. The van der Waals surface area contributed by atoms with Crippen molar-refractivity contribution >= 4 is 66.6 Å². The number of likely N-dealkylation sites (tertiary alicyclic amines) is 2. The number of anilines is 4. The maximum atomic E-state index is 16.1. The predicted molar refractivity (Wildman–Crippen MR) is 275 cm³/mol. The van der Waals surface area contributed by atoms with Gasteiger partial charge in [-0.05, 0) is 106 Å². The smallest absolute Gasteiger partial charge is 0.296 e. The van der Waals surface area contributed by atoms with Crippen LogP contribution in [0.25, 0.3) is 22.1 Å². The number of amides is 1. The Hall–Kier alpha value is -6.38. The number of ether oxygens (including phenoxy) is 1. The SMILES string of the molecule is CC(C)c1ccccc1[C@@H]1CCCN1C1CC2(CCN(c3cc(N4CCOc5nc6[nH]ccc6cc54)c(C(=O)NS(=O)(=O)c4cc([N+](=O)[O-])c(NCC5(F)CCN(C(C)C)CC5)c5[nH]cnc45)cn3)CC2)C1. The molecule has 5 aliphatic rings. The van der Waals surface area contributed by atoms with Crippen molar-refractivity contribution in [1.82, 2.24) is 39.4 Å². The van der Waals surface area contributed by atoms with Gasteiger partial charge in [0.15, 0.2) is 0 Å². The lowest BCUT2D eigenvalue weighted by molar-refractivity contribution is -0.384. The summed E-state index contributed by atoms with van der Waals surface area (Å²) >= 11 is 0. The quantitative estimate of drug-likeness (QED) is 0.0630. The average molecular weight is 1000 g/mol. The third-order valence-electron chi connectivity index (χ3n) is 16.3. The van der Waals surface area contributed by atoms with E-state index >= 15 is 4.39 Å². The lowest BCUT2D eigenvalue weighted by Gasteiger charge is -2.56. The Morgan fingerprint density at radius 3 is 2.50 bits per heavy atom. The third-order valence-corrected chi connectivity index (χ3v) is 17.7. The molecule has 4 N–H and O–H groups in total. The van der Waals surface area contributed by atoms with Crippen LogP contribution in [-0.2, 0) is 10.0 Å². The highest BCUT2D eigenvalue weighted by molar-refractivity contribution is 7.90. The van der Waals surface area contributed by atoms with Gasteiger partial charge in [0.2, 0.25) is 5.88 Å². The topological polar surface area (TPSA) is 211 Å². The number of nitro groups is 1. The maximum absolute atomic E-state index is 16.1. The van der Waals surface area contributed by atoms with Crippen molar-refractivity contribution in [3.05, 3.63) is 94.1 Å². The molecule has 1 spiro atoms. The van der Waals surface area contributed by atoms with Crippen molar-refractivity contribution in [2.45, 2.75) is 114 Å². The number of piperidine rings is 2. The van der Waals surface area contributed by atoms with Crippen LogP contribution in [0, 0.1) is 15.5 Å². The van der Waals surface area contributed by atoms with Crippen molar-refractivity contribution in [1.29, 1.82) is 0 Å². The zero-order valence-electron chi connectivity index (χ0n) is 41.3. The van der Waals surface area contributed by atoms with E-state index in [1.807, 2.05) is 23.1 Å². The number of pyridine rings is 2. The number of alkyl halides is 1. The number of H-pyrrole nitrogens is 2. The minimum absolute atomic E-state index is 0.00571. The van der Waals surface area contributed by atoms with Gasteiger partial charge >= 0.3 is 0 Å². The summed E-state index contributed by atoms with van der Waals surface area (Å²) in [4.78, 5) is 54.7. The number of halogens is 1. The molecule has 4 fully saturated rings. The second-order valence-corrected chi connectivity index (χ2v) is 22.9. The van der Waals surface area contributed by atoms with Crippen LogP contribution >= 0.6 is 0 Å². The number of carbonyl (C=O) groups is 1. The number of nitro benzene ring substituents is 1. The van der Waals surface area contributed by atoms with E-state index in [-0.39, 0.29) is 59.7 Å². The van der Waals surface area contributed by atoms with E-state index in [1.165, 1.54) is 49.3 Å². The zero-order chi connectivity index (χ0) is 50.1. The average Bonchev–Trinajstić information content (AvgIpc) is 4.16. The summed E-state index contributed by atoms with van der Waals surface area (Å²) in [6.45, 7) is 12.7. The van der Waals surface area contributed by atoms with Crippen molar-refractivity contribution in [2.24, 2.45) is 5.41 Å². The molecule has 1 saturated carbocycles. The number of fused-ring (bicyclic) bond motifs is 3. The third kappa shape index (κ3) is 8.77. The Morgan fingerprint density at radius 1 is 0.972 bits per heavy atom. The number of benzene rings is 2. The fraction of sp³-hybridized carbons (Fsp3) is 0.500. The number of sulfonamides is 1. The van der Waals surface area contributed by atoms with E-state index in [0.717, 1.165) is 43.9 Å². The van der Waals surface area contributed by atoms with Gasteiger partial charge in [0.05, 0.1) is 34.6 Å². The number of nitrogens with zero attached hydrogens (tertiary/aromatic N) is 8. The second kappa shape index (κ2) is 18.6. The molecule has 6 aromatic rings. The molecule has 4 aromatic heterocycles. The summed E-state index contributed by atoms with van der Waals surface area (Å²) in [6, 6.07) is 16.7. The van der Waals surface area contributed by atoms with E-state index in [2.05, 4.69) is 91.7 Å². The highest BCUT2D eigenvalue weighted by atomic mass is 32.2. The molecule has 1 atom stereocenters. The molecule has 0 radical (unpaired) electrons. The molecule has 4 aliphatic heterocycles. The molecule has 380 valence electrons. The van der Waals surface area contributed by atoms with Crippen LogP contribution in [0.1, 0.15) is 113 Å². The normalized spacial score (nSPS) is 20.6. The van der Waals surface area contributed by atoms with Crippen LogP contribution in [0.3, 0.4) is 0 Å². The van der Waals surface area contributed by atoms with Crippen LogP contribution in [0.4, 0.5) is 33.0 Å². The summed E-state index contributed by atoms with van der Waals surface area (Å²) in [5.74, 6) is 0.482. The molecule has 11 rings (SSSR count). The highest BCUT2D eigenvalue weighted by Gasteiger charge is 2.50. The summed E-state index contributed by atoms with van der Waals surface area (Å²) in [7, 11) is -4.84. The summed E-state index contributed by atoms with van der Waals surface area (Å²) in [5, 5.41) is 16.4. The molecule has 20 heteroatoms. The monoisotopic (exact) mass is 1000 g/mol. The zero-order valence-corrected chi connectivity index (χ0v) is 42.1. The number of nitrogens with one attached hydrogen (secondary N) is 4. The first-order valence-corrected chi connectivity index (χ1v) is 26.9. The fourth-order valence-electron chi connectivity index (χ4n) is 12.2. The minimum Gasteiger partial charge on any atom is -0.474 e. The molecule has 0 unspecified atom stereocenters. The number of carbonyl (C=O) groups excluding carboxylic acids is 1. The Morgan fingerprint density at radius 2 is 1.75 bits per heavy atom. The van der Waals surface area contributed by atoms with Crippen LogP contribution in [0.15, 0.2) is 72.1 Å². The number of hydrogen-bond donors (Lipinski definition) is 4. The van der Waals surface area contributed by atoms with Crippen LogP contribution in [0.2, 0.25) is 0 Å². The van der Waals surface area contributed by atoms with E-state index in [1.54, 1.807) is 6.20 Å². The molecule has 0 bridgehead atoms. The van der Waals surface area contributed by atoms with E-state index in [4.69, 9.17) is 14.7 Å². The number of imidazole rings is 1. The highest BCUT2D eigenvalue weighted by Crippen LogP contribution is 2.54. The van der Waals surface area contributed by atoms with E-state index in [9.17, 15) is 23.3 Å². The van der Waals surface area contributed by atoms with Gasteiger partial charge in [-0.2, -0.15) is 4.98 Å².